The van der Waals surface area contributed by atoms with Gasteiger partial charge in [0.05, 0.1) is 34.8 Å². The zero-order chi connectivity index (χ0) is 15.9. The Hall–Kier alpha value is -2.25. The Balaban J connectivity index is 2.24. The molecule has 1 heterocycles. The highest BCUT2D eigenvalue weighted by Gasteiger charge is 2.27. The number of hydrogen-bond acceptors (Lipinski definition) is 5. The summed E-state index contributed by atoms with van der Waals surface area (Å²) in [6, 6.07) is 9.44. The molecule has 0 spiro atoms. The van der Waals surface area contributed by atoms with E-state index < -0.39 is 16.0 Å². The molecule has 22 heavy (non-hydrogen) atoms. The average Bonchev–Trinajstić information content (AvgIpc) is 2.58. The molecule has 2 aromatic carbocycles. The van der Waals surface area contributed by atoms with Gasteiger partial charge in [-0.25, -0.2) is 13.2 Å². The van der Waals surface area contributed by atoms with Crippen molar-refractivity contribution in [2.45, 2.75) is 4.90 Å². The fourth-order valence-electron chi connectivity index (χ4n) is 2.17. The van der Waals surface area contributed by atoms with E-state index in [0.29, 0.717) is 11.4 Å². The van der Waals surface area contributed by atoms with Crippen LogP contribution in [0.4, 0.5) is 17.1 Å². The van der Waals surface area contributed by atoms with E-state index in [4.69, 9.17) is 11.6 Å². The lowest BCUT2D eigenvalue weighted by atomic mass is 10.2. The van der Waals surface area contributed by atoms with Crippen LogP contribution in [0.25, 0.3) is 0 Å². The molecular weight excluding hydrogens is 328 g/mol. The van der Waals surface area contributed by atoms with Crippen molar-refractivity contribution in [1.82, 2.24) is 0 Å². The molecule has 0 unspecified atom stereocenters. The number of hydrogen-bond donors (Lipinski definition) is 2. The third-order valence-electron chi connectivity index (χ3n) is 3.20. The number of benzene rings is 2. The van der Waals surface area contributed by atoms with E-state index in [2.05, 4.69) is 14.8 Å². The van der Waals surface area contributed by atoms with E-state index in [1.807, 2.05) is 0 Å². The van der Waals surface area contributed by atoms with Crippen LogP contribution in [0.1, 0.15) is 10.4 Å². The molecule has 6 nitrogen and oxygen atoms in total. The van der Waals surface area contributed by atoms with Gasteiger partial charge in [0.1, 0.15) is 4.90 Å². The van der Waals surface area contributed by atoms with E-state index in [1.54, 1.807) is 24.3 Å². The van der Waals surface area contributed by atoms with Gasteiger partial charge in [-0.2, -0.15) is 0 Å². The van der Waals surface area contributed by atoms with Crippen molar-refractivity contribution in [3.05, 3.63) is 47.0 Å². The Morgan fingerprint density at radius 2 is 1.82 bits per heavy atom. The van der Waals surface area contributed by atoms with Gasteiger partial charge in [-0.1, -0.05) is 23.7 Å². The van der Waals surface area contributed by atoms with E-state index >= 15 is 0 Å². The van der Waals surface area contributed by atoms with Gasteiger partial charge in [0.2, 0.25) is 0 Å². The third kappa shape index (κ3) is 2.38. The van der Waals surface area contributed by atoms with Crippen LogP contribution >= 0.6 is 11.6 Å². The standard InChI is InChI=1S/C14H11ClN2O4S/c1-21-14(18)8-6-13-12(7-9(8)15)16-10-4-2-3-5-11(10)17-22(13,19)20/h2-7,16-17H,1H3. The van der Waals surface area contributed by atoms with Crippen molar-refractivity contribution >= 4 is 44.7 Å². The SMILES string of the molecule is COC(=O)c1cc2c(cc1Cl)Nc1ccccc1NS2(=O)=O. The number of para-hydroxylation sites is 2. The van der Waals surface area contributed by atoms with Crippen molar-refractivity contribution in [1.29, 1.82) is 0 Å². The summed E-state index contributed by atoms with van der Waals surface area (Å²) in [7, 11) is -2.65. The molecule has 0 fully saturated rings. The smallest absolute Gasteiger partial charge is 0.339 e. The van der Waals surface area contributed by atoms with Crippen LogP contribution in [0.2, 0.25) is 5.02 Å². The van der Waals surface area contributed by atoms with Crippen LogP contribution in [-0.4, -0.2) is 21.5 Å². The Labute approximate surface area is 132 Å². The Morgan fingerprint density at radius 1 is 1.14 bits per heavy atom. The number of anilines is 3. The number of carbonyl (C=O) groups is 1. The van der Waals surface area contributed by atoms with Gasteiger partial charge in [-0.05, 0) is 24.3 Å². The van der Waals surface area contributed by atoms with Gasteiger partial charge in [0.25, 0.3) is 10.0 Å². The van der Waals surface area contributed by atoms with E-state index in [0.717, 1.165) is 0 Å². The second kappa shape index (κ2) is 5.19. The summed E-state index contributed by atoms with van der Waals surface area (Å²) in [6.45, 7) is 0. The average molecular weight is 339 g/mol. The van der Waals surface area contributed by atoms with Crippen molar-refractivity contribution in [2.75, 3.05) is 17.1 Å². The van der Waals surface area contributed by atoms with Crippen LogP contribution < -0.4 is 10.0 Å². The molecule has 2 aromatic rings. The summed E-state index contributed by atoms with van der Waals surface area (Å²) in [4.78, 5) is 11.6. The Bertz CT molecular complexity index is 880. The number of rotatable bonds is 1. The Kier molecular flexibility index (Phi) is 3.46. The maximum absolute atomic E-state index is 12.5. The summed E-state index contributed by atoms with van der Waals surface area (Å²) in [6.07, 6.45) is 0. The monoisotopic (exact) mass is 338 g/mol. The summed E-state index contributed by atoms with van der Waals surface area (Å²) in [5.41, 5.74) is 1.28. The minimum absolute atomic E-state index is 0.0129. The van der Waals surface area contributed by atoms with Crippen LogP contribution in [0.3, 0.4) is 0 Å². The van der Waals surface area contributed by atoms with Crippen LogP contribution in [0.15, 0.2) is 41.3 Å². The zero-order valence-electron chi connectivity index (χ0n) is 11.4. The minimum Gasteiger partial charge on any atom is -0.465 e. The van der Waals surface area contributed by atoms with Gasteiger partial charge in [0.15, 0.2) is 0 Å². The molecule has 0 saturated carbocycles. The molecule has 2 N–H and O–H groups in total. The molecule has 0 aromatic heterocycles. The number of halogens is 1. The molecule has 0 amide bonds. The molecule has 3 rings (SSSR count). The predicted molar refractivity (Wildman–Crippen MR) is 83.3 cm³/mol. The highest BCUT2D eigenvalue weighted by Crippen LogP contribution is 2.37. The van der Waals surface area contributed by atoms with Gasteiger partial charge >= 0.3 is 5.97 Å². The number of fused-ring (bicyclic) bond motifs is 2. The van der Waals surface area contributed by atoms with Crippen LogP contribution in [0, 0.1) is 0 Å². The first-order valence-corrected chi connectivity index (χ1v) is 8.09. The topological polar surface area (TPSA) is 84.5 Å². The lowest BCUT2D eigenvalue weighted by Crippen LogP contribution is -2.13. The molecule has 0 aliphatic carbocycles. The van der Waals surface area contributed by atoms with Gasteiger partial charge < -0.3 is 10.1 Å². The predicted octanol–water partition coefficient (Wildman–Crippen LogP) is 2.98. The maximum Gasteiger partial charge on any atom is 0.339 e. The van der Waals surface area contributed by atoms with Crippen molar-refractivity contribution in [3.8, 4) is 0 Å². The largest absolute Gasteiger partial charge is 0.465 e. The highest BCUT2D eigenvalue weighted by atomic mass is 35.5. The first-order valence-electron chi connectivity index (χ1n) is 6.23. The maximum atomic E-state index is 12.5. The molecule has 0 bridgehead atoms. The summed E-state index contributed by atoms with van der Waals surface area (Å²) < 4.78 is 32.1. The number of carbonyl (C=O) groups excluding carboxylic acids is 1. The lowest BCUT2D eigenvalue weighted by molar-refractivity contribution is 0.0600. The van der Waals surface area contributed by atoms with E-state index in [-0.39, 0.29) is 21.2 Å². The number of sulfonamides is 1. The minimum atomic E-state index is -3.85. The van der Waals surface area contributed by atoms with Gasteiger partial charge in [-0.3, -0.25) is 4.72 Å². The molecular formula is C14H11ClN2O4S. The fraction of sp³-hybridized carbons (Fsp3) is 0.0714. The lowest BCUT2D eigenvalue weighted by Gasteiger charge is -2.10. The van der Waals surface area contributed by atoms with Crippen LogP contribution in [0.5, 0.6) is 0 Å². The summed E-state index contributed by atoms with van der Waals surface area (Å²) >= 11 is 6.05. The van der Waals surface area contributed by atoms with Crippen molar-refractivity contribution in [2.24, 2.45) is 0 Å². The first-order chi connectivity index (χ1) is 10.4. The molecule has 0 atom stereocenters. The zero-order valence-corrected chi connectivity index (χ0v) is 13.0. The quantitative estimate of drug-likeness (QED) is 0.781. The Morgan fingerprint density at radius 3 is 2.50 bits per heavy atom. The third-order valence-corrected chi connectivity index (χ3v) is 4.92. The second-order valence-corrected chi connectivity index (χ2v) is 6.65. The van der Waals surface area contributed by atoms with Gasteiger partial charge in [0, 0.05) is 0 Å². The molecule has 0 radical (unpaired) electrons. The molecule has 0 saturated heterocycles. The van der Waals surface area contributed by atoms with Crippen molar-refractivity contribution < 1.29 is 17.9 Å². The number of ether oxygens (including phenoxy) is 1. The fourth-order valence-corrected chi connectivity index (χ4v) is 3.66. The van der Waals surface area contributed by atoms with Crippen molar-refractivity contribution in [3.63, 3.8) is 0 Å². The molecule has 114 valence electrons. The normalized spacial score (nSPS) is 14.6. The molecule has 8 heteroatoms. The number of nitrogens with one attached hydrogen (secondary N) is 2. The van der Waals surface area contributed by atoms with Crippen LogP contribution in [-0.2, 0) is 14.8 Å². The summed E-state index contributed by atoms with van der Waals surface area (Å²) in [5.74, 6) is -0.704. The first kappa shape index (κ1) is 14.7. The van der Waals surface area contributed by atoms with Gasteiger partial charge in [-0.15, -0.1) is 0 Å². The molecule has 1 aliphatic rings. The second-order valence-electron chi connectivity index (χ2n) is 4.60. The number of methoxy groups -OCH3 is 1. The highest BCUT2D eigenvalue weighted by molar-refractivity contribution is 7.93. The number of esters is 1. The summed E-state index contributed by atoms with van der Waals surface area (Å²) in [5, 5.41) is 3.11. The molecule has 1 aliphatic heterocycles. The van der Waals surface area contributed by atoms with E-state index in [1.165, 1.54) is 19.2 Å². The van der Waals surface area contributed by atoms with E-state index in [9.17, 15) is 13.2 Å².